The lowest BCUT2D eigenvalue weighted by atomic mass is 9.95. The van der Waals surface area contributed by atoms with Gasteiger partial charge in [-0.2, -0.15) is 11.8 Å². The van der Waals surface area contributed by atoms with Gasteiger partial charge in [0.2, 0.25) is 0 Å². The molecule has 1 rings (SSSR count). The maximum absolute atomic E-state index is 8.82. The molecule has 0 aliphatic carbocycles. The highest BCUT2D eigenvalue weighted by atomic mass is 32.2. The largest absolute Gasteiger partial charge is 0.394 e. The second kappa shape index (κ2) is 2.90. The zero-order valence-corrected chi connectivity index (χ0v) is 6.28. The van der Waals surface area contributed by atoms with Crippen LogP contribution in [0.25, 0.3) is 0 Å². The van der Waals surface area contributed by atoms with E-state index in [9.17, 15) is 0 Å². The van der Waals surface area contributed by atoms with Crippen molar-refractivity contribution in [1.82, 2.24) is 0 Å². The Bertz CT molecular complexity index is 91.1. The topological polar surface area (TPSA) is 46.2 Å². The molecule has 1 heterocycles. The van der Waals surface area contributed by atoms with Crippen LogP contribution < -0.4 is 5.73 Å². The number of hydrogen-bond acceptors (Lipinski definition) is 3. The van der Waals surface area contributed by atoms with Crippen molar-refractivity contribution in [3.8, 4) is 0 Å². The number of hydrogen-bond donors (Lipinski definition) is 2. The molecule has 0 bridgehead atoms. The third-order valence-electron chi connectivity index (χ3n) is 1.80. The molecule has 0 unspecified atom stereocenters. The van der Waals surface area contributed by atoms with Crippen LogP contribution in [0.2, 0.25) is 0 Å². The third kappa shape index (κ3) is 1.85. The van der Waals surface area contributed by atoms with E-state index in [2.05, 4.69) is 0 Å². The van der Waals surface area contributed by atoms with Crippen molar-refractivity contribution in [1.29, 1.82) is 0 Å². The molecule has 0 saturated carbocycles. The molecular formula is C6H13NOS. The molecule has 1 aliphatic heterocycles. The van der Waals surface area contributed by atoms with Crippen LogP contribution in [-0.2, 0) is 0 Å². The van der Waals surface area contributed by atoms with Crippen molar-refractivity contribution in [2.24, 2.45) is 5.73 Å². The average molecular weight is 147 g/mol. The van der Waals surface area contributed by atoms with Crippen molar-refractivity contribution in [2.75, 3.05) is 18.1 Å². The second-order valence-corrected chi connectivity index (χ2v) is 3.86. The van der Waals surface area contributed by atoms with Crippen LogP contribution in [0.15, 0.2) is 0 Å². The predicted molar refractivity (Wildman–Crippen MR) is 40.6 cm³/mol. The normalized spacial score (nSPS) is 26.0. The minimum absolute atomic E-state index is 0.146. The summed E-state index contributed by atoms with van der Waals surface area (Å²) in [6, 6.07) is 0. The molecular weight excluding hydrogens is 134 g/mol. The lowest BCUT2D eigenvalue weighted by Crippen LogP contribution is -2.46. The summed E-state index contributed by atoms with van der Waals surface area (Å²) in [6.07, 6.45) is 1.93. The van der Waals surface area contributed by atoms with Gasteiger partial charge in [-0.25, -0.2) is 0 Å². The summed E-state index contributed by atoms with van der Waals surface area (Å²) < 4.78 is 0. The van der Waals surface area contributed by atoms with Gasteiger partial charge in [-0.15, -0.1) is 0 Å². The molecule has 0 atom stereocenters. The molecule has 0 aromatic rings. The molecule has 0 amide bonds. The van der Waals surface area contributed by atoms with Gasteiger partial charge in [-0.1, -0.05) is 0 Å². The van der Waals surface area contributed by atoms with E-state index in [4.69, 9.17) is 10.8 Å². The molecule has 0 aromatic carbocycles. The van der Waals surface area contributed by atoms with Crippen molar-refractivity contribution < 1.29 is 5.11 Å². The Hall–Kier alpha value is 0.270. The molecule has 2 nitrogen and oxygen atoms in total. The zero-order valence-electron chi connectivity index (χ0n) is 5.47. The van der Waals surface area contributed by atoms with Gasteiger partial charge in [0.05, 0.1) is 6.61 Å². The van der Waals surface area contributed by atoms with Gasteiger partial charge in [-0.05, 0) is 24.3 Å². The Morgan fingerprint density at radius 3 is 2.33 bits per heavy atom. The summed E-state index contributed by atoms with van der Waals surface area (Å²) in [5, 5.41) is 8.82. The molecule has 1 fully saturated rings. The SMILES string of the molecule is NC1(CO)CCSCC1. The molecule has 3 N–H and O–H groups in total. The molecule has 9 heavy (non-hydrogen) atoms. The van der Waals surface area contributed by atoms with Crippen LogP contribution in [0.1, 0.15) is 12.8 Å². The van der Waals surface area contributed by atoms with E-state index in [0.717, 1.165) is 24.3 Å². The summed E-state index contributed by atoms with van der Waals surface area (Å²) >= 11 is 1.92. The number of rotatable bonds is 1. The monoisotopic (exact) mass is 147 g/mol. The fourth-order valence-corrected chi connectivity index (χ4v) is 2.24. The quantitative estimate of drug-likeness (QED) is 0.557. The van der Waals surface area contributed by atoms with E-state index >= 15 is 0 Å². The highest BCUT2D eigenvalue weighted by Crippen LogP contribution is 2.23. The minimum Gasteiger partial charge on any atom is -0.394 e. The molecule has 0 spiro atoms. The fraction of sp³-hybridized carbons (Fsp3) is 1.00. The highest BCUT2D eigenvalue weighted by Gasteiger charge is 2.26. The standard InChI is InChI=1S/C6H13NOS/c7-6(5-8)1-3-9-4-2-6/h8H,1-5,7H2. The molecule has 0 radical (unpaired) electrons. The Labute approximate surface area is 59.8 Å². The number of aliphatic hydroxyl groups is 1. The Balaban J connectivity index is 2.37. The molecule has 1 aliphatic rings. The fourth-order valence-electron chi connectivity index (χ4n) is 0.936. The van der Waals surface area contributed by atoms with Crippen molar-refractivity contribution in [2.45, 2.75) is 18.4 Å². The Morgan fingerprint density at radius 1 is 1.44 bits per heavy atom. The summed E-state index contributed by atoms with van der Waals surface area (Å²) in [6.45, 7) is 0.146. The first kappa shape index (κ1) is 7.38. The second-order valence-electron chi connectivity index (χ2n) is 2.63. The van der Waals surface area contributed by atoms with Crippen molar-refractivity contribution in [3.05, 3.63) is 0 Å². The molecule has 3 heteroatoms. The average Bonchev–Trinajstić information content (AvgIpc) is 1.90. The molecule has 0 aromatic heterocycles. The van der Waals surface area contributed by atoms with E-state index in [1.807, 2.05) is 11.8 Å². The lowest BCUT2D eigenvalue weighted by Gasteiger charge is -2.30. The lowest BCUT2D eigenvalue weighted by molar-refractivity contribution is 0.187. The zero-order chi connectivity index (χ0) is 6.74. The smallest absolute Gasteiger partial charge is 0.0611 e. The van der Waals surface area contributed by atoms with Crippen LogP contribution >= 0.6 is 11.8 Å². The number of nitrogens with two attached hydrogens (primary N) is 1. The van der Waals surface area contributed by atoms with Crippen LogP contribution in [0.5, 0.6) is 0 Å². The van der Waals surface area contributed by atoms with E-state index in [0.29, 0.717) is 0 Å². The maximum atomic E-state index is 8.82. The van der Waals surface area contributed by atoms with Gasteiger partial charge < -0.3 is 10.8 Å². The summed E-state index contributed by atoms with van der Waals surface area (Å²) in [5.41, 5.74) is 5.55. The Morgan fingerprint density at radius 2 is 2.00 bits per heavy atom. The molecule has 1 saturated heterocycles. The van der Waals surface area contributed by atoms with Gasteiger partial charge in [0.1, 0.15) is 0 Å². The summed E-state index contributed by atoms with van der Waals surface area (Å²) in [4.78, 5) is 0. The van der Waals surface area contributed by atoms with Crippen LogP contribution in [0, 0.1) is 0 Å². The van der Waals surface area contributed by atoms with Gasteiger partial charge >= 0.3 is 0 Å². The van der Waals surface area contributed by atoms with Gasteiger partial charge in [0, 0.05) is 5.54 Å². The predicted octanol–water partition coefficient (Wildman–Crippen LogP) is 0.203. The summed E-state index contributed by atoms with van der Waals surface area (Å²) in [7, 11) is 0. The van der Waals surface area contributed by atoms with Crippen molar-refractivity contribution >= 4 is 11.8 Å². The van der Waals surface area contributed by atoms with Crippen LogP contribution in [-0.4, -0.2) is 28.8 Å². The van der Waals surface area contributed by atoms with Gasteiger partial charge in [-0.3, -0.25) is 0 Å². The number of thioether (sulfide) groups is 1. The first-order valence-corrected chi connectivity index (χ1v) is 4.40. The van der Waals surface area contributed by atoms with E-state index < -0.39 is 0 Å². The summed E-state index contributed by atoms with van der Waals surface area (Å²) in [5.74, 6) is 2.22. The molecule has 54 valence electrons. The van der Waals surface area contributed by atoms with E-state index in [1.165, 1.54) is 0 Å². The first-order valence-electron chi connectivity index (χ1n) is 3.24. The van der Waals surface area contributed by atoms with E-state index in [-0.39, 0.29) is 12.1 Å². The first-order chi connectivity index (χ1) is 4.27. The van der Waals surface area contributed by atoms with Crippen molar-refractivity contribution in [3.63, 3.8) is 0 Å². The number of aliphatic hydroxyl groups excluding tert-OH is 1. The third-order valence-corrected chi connectivity index (χ3v) is 2.79. The van der Waals surface area contributed by atoms with E-state index in [1.54, 1.807) is 0 Å². The minimum atomic E-state index is -0.245. The van der Waals surface area contributed by atoms with Crippen LogP contribution in [0.4, 0.5) is 0 Å². The highest BCUT2D eigenvalue weighted by molar-refractivity contribution is 7.99. The van der Waals surface area contributed by atoms with Crippen LogP contribution in [0.3, 0.4) is 0 Å². The van der Waals surface area contributed by atoms with Gasteiger partial charge in [0.15, 0.2) is 0 Å². The van der Waals surface area contributed by atoms with Gasteiger partial charge in [0.25, 0.3) is 0 Å². The maximum Gasteiger partial charge on any atom is 0.0611 e. The Kier molecular flexibility index (Phi) is 2.38.